The maximum Gasteiger partial charge on any atom is 0.322 e. The molecule has 0 bridgehead atoms. The van der Waals surface area contributed by atoms with Gasteiger partial charge in [0.15, 0.2) is 0 Å². The van der Waals surface area contributed by atoms with E-state index in [0.29, 0.717) is 11.8 Å². The number of anilines is 1. The first kappa shape index (κ1) is 12.5. The summed E-state index contributed by atoms with van der Waals surface area (Å²) >= 11 is 0. The molecule has 2 heterocycles. The highest BCUT2D eigenvalue weighted by Gasteiger charge is 2.16. The van der Waals surface area contributed by atoms with Gasteiger partial charge in [-0.15, -0.1) is 0 Å². The van der Waals surface area contributed by atoms with Crippen molar-refractivity contribution in [3.8, 4) is 11.5 Å². The average molecular weight is 246 g/mol. The third-order valence-corrected chi connectivity index (χ3v) is 2.33. The highest BCUT2D eigenvalue weighted by molar-refractivity contribution is 5.55. The Bertz CT molecular complexity index is 554. The molecule has 1 N–H and O–H groups in total. The molecule has 0 fully saturated rings. The van der Waals surface area contributed by atoms with Gasteiger partial charge in [-0.3, -0.25) is 4.98 Å². The Hall–Kier alpha value is -1.91. The lowest BCUT2D eigenvalue weighted by molar-refractivity contribution is 0.420. The first-order valence-electron chi connectivity index (χ1n) is 5.91. The molecule has 0 aliphatic heterocycles. The van der Waals surface area contributed by atoms with Gasteiger partial charge < -0.3 is 9.84 Å². The van der Waals surface area contributed by atoms with E-state index >= 15 is 0 Å². The summed E-state index contributed by atoms with van der Waals surface area (Å²) in [6, 6.07) is 2.47. The number of hydrogen-bond donors (Lipinski definition) is 1. The molecule has 0 atom stereocenters. The monoisotopic (exact) mass is 246 g/mol. The summed E-state index contributed by atoms with van der Waals surface area (Å²) in [5, 5.41) is 7.08. The van der Waals surface area contributed by atoms with Crippen LogP contribution in [0.4, 0.5) is 6.01 Å². The molecule has 0 unspecified atom stereocenters. The van der Waals surface area contributed by atoms with Crippen molar-refractivity contribution < 1.29 is 4.52 Å². The Kier molecular flexibility index (Phi) is 3.07. The average Bonchev–Trinajstić information content (AvgIpc) is 2.63. The number of nitrogens with one attached hydrogen (secondary N) is 1. The van der Waals surface area contributed by atoms with Crippen LogP contribution in [0.3, 0.4) is 0 Å². The second-order valence-electron chi connectivity index (χ2n) is 5.48. The Morgan fingerprint density at radius 3 is 2.56 bits per heavy atom. The van der Waals surface area contributed by atoms with Crippen LogP contribution in [0.5, 0.6) is 0 Å². The molecule has 0 saturated heterocycles. The van der Waals surface area contributed by atoms with Crippen molar-refractivity contribution in [2.75, 3.05) is 5.32 Å². The number of rotatable bonds is 2. The topological polar surface area (TPSA) is 63.8 Å². The lowest BCUT2D eigenvalue weighted by Gasteiger charge is -2.17. The second kappa shape index (κ2) is 4.40. The molecule has 5 nitrogen and oxygen atoms in total. The van der Waals surface area contributed by atoms with Crippen LogP contribution < -0.4 is 5.32 Å². The Labute approximate surface area is 107 Å². The smallest absolute Gasteiger partial charge is 0.322 e. The van der Waals surface area contributed by atoms with Gasteiger partial charge in [-0.2, -0.15) is 4.98 Å². The van der Waals surface area contributed by atoms with E-state index in [0.717, 1.165) is 16.8 Å². The zero-order valence-corrected chi connectivity index (χ0v) is 11.4. The van der Waals surface area contributed by atoms with Crippen LogP contribution >= 0.6 is 0 Å². The first-order valence-corrected chi connectivity index (χ1v) is 5.91. The van der Waals surface area contributed by atoms with Gasteiger partial charge in [0.25, 0.3) is 0 Å². The molecule has 2 aromatic heterocycles. The predicted molar refractivity (Wildman–Crippen MR) is 70.4 cm³/mol. The van der Waals surface area contributed by atoms with Crippen molar-refractivity contribution in [2.24, 2.45) is 0 Å². The van der Waals surface area contributed by atoms with Crippen LogP contribution in [0.15, 0.2) is 16.8 Å². The van der Waals surface area contributed by atoms with E-state index in [-0.39, 0.29) is 5.54 Å². The van der Waals surface area contributed by atoms with E-state index in [2.05, 4.69) is 26.5 Å². The fraction of sp³-hybridized carbons (Fsp3) is 0.462. The number of pyridine rings is 1. The summed E-state index contributed by atoms with van der Waals surface area (Å²) in [4.78, 5) is 8.65. The molecule has 18 heavy (non-hydrogen) atoms. The minimum atomic E-state index is -0.112. The lowest BCUT2D eigenvalue weighted by atomic mass is 10.1. The third-order valence-electron chi connectivity index (χ3n) is 2.33. The van der Waals surface area contributed by atoms with Gasteiger partial charge in [-0.1, -0.05) is 11.2 Å². The van der Waals surface area contributed by atoms with Gasteiger partial charge in [-0.25, -0.2) is 0 Å². The van der Waals surface area contributed by atoms with Crippen LogP contribution in [0.2, 0.25) is 0 Å². The Balaban J connectivity index is 2.29. The maximum absolute atomic E-state index is 5.17. The largest absolute Gasteiger partial charge is 0.333 e. The molecular formula is C13H18N4O. The van der Waals surface area contributed by atoms with Crippen LogP contribution in [-0.2, 0) is 0 Å². The minimum Gasteiger partial charge on any atom is -0.333 e. The molecule has 2 aromatic rings. The molecule has 0 amide bonds. The fourth-order valence-corrected chi connectivity index (χ4v) is 1.64. The second-order valence-corrected chi connectivity index (χ2v) is 5.48. The van der Waals surface area contributed by atoms with Crippen molar-refractivity contribution in [2.45, 2.75) is 40.2 Å². The molecule has 2 rings (SSSR count). The predicted octanol–water partition coefficient (Wildman–Crippen LogP) is 2.96. The van der Waals surface area contributed by atoms with E-state index < -0.39 is 0 Å². The molecule has 0 aliphatic rings. The van der Waals surface area contributed by atoms with Crippen LogP contribution in [0.1, 0.15) is 31.9 Å². The summed E-state index contributed by atoms with van der Waals surface area (Å²) in [5.41, 5.74) is 2.80. The zero-order valence-electron chi connectivity index (χ0n) is 11.4. The summed E-state index contributed by atoms with van der Waals surface area (Å²) in [5.74, 6) is 0.513. The van der Waals surface area contributed by atoms with Gasteiger partial charge in [0.1, 0.15) is 5.69 Å². The summed E-state index contributed by atoms with van der Waals surface area (Å²) in [6.45, 7) is 10.1. The molecule has 96 valence electrons. The van der Waals surface area contributed by atoms with Crippen molar-refractivity contribution in [1.29, 1.82) is 0 Å². The zero-order chi connectivity index (χ0) is 13.3. The molecular weight excluding hydrogens is 228 g/mol. The van der Waals surface area contributed by atoms with Gasteiger partial charge in [-0.05, 0) is 45.7 Å². The number of hydrogen-bond acceptors (Lipinski definition) is 5. The maximum atomic E-state index is 5.17. The van der Waals surface area contributed by atoms with E-state index in [1.165, 1.54) is 0 Å². The van der Waals surface area contributed by atoms with Crippen LogP contribution in [-0.4, -0.2) is 20.7 Å². The highest BCUT2D eigenvalue weighted by atomic mass is 16.5. The Morgan fingerprint density at radius 1 is 1.22 bits per heavy atom. The summed E-state index contributed by atoms with van der Waals surface area (Å²) in [6.07, 6.45) is 1.80. The number of aromatic nitrogens is 3. The van der Waals surface area contributed by atoms with Gasteiger partial charge in [0, 0.05) is 11.7 Å². The molecule has 0 aliphatic carbocycles. The molecule has 0 radical (unpaired) electrons. The fourth-order valence-electron chi connectivity index (χ4n) is 1.64. The molecule has 0 saturated carbocycles. The summed E-state index contributed by atoms with van der Waals surface area (Å²) < 4.78 is 5.17. The van der Waals surface area contributed by atoms with Crippen molar-refractivity contribution in [1.82, 2.24) is 15.1 Å². The van der Waals surface area contributed by atoms with Crippen LogP contribution in [0, 0.1) is 13.8 Å². The minimum absolute atomic E-state index is 0.112. The first-order chi connectivity index (χ1) is 8.35. The number of aryl methyl sites for hydroxylation is 2. The number of nitrogens with zero attached hydrogens (tertiary/aromatic N) is 3. The van der Waals surface area contributed by atoms with E-state index in [1.54, 1.807) is 6.20 Å². The lowest BCUT2D eigenvalue weighted by Crippen LogP contribution is -2.26. The Morgan fingerprint density at radius 2 is 1.94 bits per heavy atom. The summed E-state index contributed by atoms with van der Waals surface area (Å²) in [7, 11) is 0. The van der Waals surface area contributed by atoms with E-state index in [1.807, 2.05) is 34.6 Å². The van der Waals surface area contributed by atoms with Gasteiger partial charge >= 0.3 is 6.01 Å². The van der Waals surface area contributed by atoms with E-state index in [4.69, 9.17) is 4.52 Å². The van der Waals surface area contributed by atoms with Crippen molar-refractivity contribution in [3.05, 3.63) is 23.4 Å². The van der Waals surface area contributed by atoms with Crippen molar-refractivity contribution >= 4 is 6.01 Å². The highest BCUT2D eigenvalue weighted by Crippen LogP contribution is 2.21. The molecule has 5 heteroatoms. The van der Waals surface area contributed by atoms with Gasteiger partial charge in [0.05, 0.1) is 0 Å². The normalized spacial score (nSPS) is 11.6. The van der Waals surface area contributed by atoms with Crippen molar-refractivity contribution in [3.63, 3.8) is 0 Å². The molecule has 0 aromatic carbocycles. The standard InChI is InChI=1S/C13H18N4O/c1-8-6-9(2)10(14-7-8)11-15-12(18-17-11)16-13(3,4)5/h6-7H,1-5H3,(H,15,16,17). The van der Waals surface area contributed by atoms with E-state index in [9.17, 15) is 0 Å². The quantitative estimate of drug-likeness (QED) is 0.882. The van der Waals surface area contributed by atoms with Crippen LogP contribution in [0.25, 0.3) is 11.5 Å². The van der Waals surface area contributed by atoms with Gasteiger partial charge in [0.2, 0.25) is 5.82 Å². The third kappa shape index (κ3) is 2.85. The SMILES string of the molecule is Cc1cnc(-c2noc(NC(C)(C)C)n2)c(C)c1. The molecule has 0 spiro atoms.